The molecular formula is C13H17BrO4. The number of esters is 1. The number of methoxy groups -OCH3 is 1. The molecule has 0 aliphatic heterocycles. The highest BCUT2D eigenvalue weighted by atomic mass is 79.9. The van der Waals surface area contributed by atoms with Crippen molar-refractivity contribution in [3.8, 4) is 0 Å². The van der Waals surface area contributed by atoms with E-state index in [4.69, 9.17) is 4.74 Å². The van der Waals surface area contributed by atoms with Gasteiger partial charge >= 0.3 is 5.97 Å². The standard InChI is InChI=1S/C13H17BrO4/c1-12-5-3-8(15)7-9(12)13(14,11(17)18-2)10(16)4-6-12/h9H,3-7H2,1-2H3/t9-,12-,13+/m0/s1. The predicted molar refractivity (Wildman–Crippen MR) is 68.4 cm³/mol. The molecule has 3 atom stereocenters. The van der Waals surface area contributed by atoms with Gasteiger partial charge in [0.2, 0.25) is 0 Å². The lowest BCUT2D eigenvalue weighted by atomic mass is 9.56. The van der Waals surface area contributed by atoms with E-state index in [1.54, 1.807) is 0 Å². The normalized spacial score (nSPS) is 40.3. The van der Waals surface area contributed by atoms with Crippen LogP contribution in [0.4, 0.5) is 0 Å². The summed E-state index contributed by atoms with van der Waals surface area (Å²) in [4.78, 5) is 35.8. The monoisotopic (exact) mass is 316 g/mol. The lowest BCUT2D eigenvalue weighted by Crippen LogP contribution is -2.59. The number of alkyl halides is 1. The second-order valence-corrected chi connectivity index (χ2v) is 6.83. The van der Waals surface area contributed by atoms with Crippen LogP contribution < -0.4 is 0 Å². The van der Waals surface area contributed by atoms with Crippen LogP contribution in [-0.2, 0) is 19.1 Å². The summed E-state index contributed by atoms with van der Waals surface area (Å²) in [5.41, 5.74) is -0.139. The Kier molecular flexibility index (Phi) is 3.38. The Labute approximate surface area is 115 Å². The quantitative estimate of drug-likeness (QED) is 0.422. The van der Waals surface area contributed by atoms with E-state index in [2.05, 4.69) is 22.9 Å². The van der Waals surface area contributed by atoms with Gasteiger partial charge in [-0.05, 0) is 18.3 Å². The first-order valence-electron chi connectivity index (χ1n) is 6.17. The molecule has 2 fully saturated rings. The first-order valence-corrected chi connectivity index (χ1v) is 6.96. The molecule has 0 aromatic rings. The Morgan fingerprint density at radius 2 is 1.94 bits per heavy atom. The fraction of sp³-hybridized carbons (Fsp3) is 0.769. The van der Waals surface area contributed by atoms with Gasteiger partial charge in [-0.3, -0.25) is 14.4 Å². The SMILES string of the molecule is COC(=O)[C@]1(Br)C(=O)CC[C@]2(C)CCC(=O)C[C@@H]21. The summed E-state index contributed by atoms with van der Waals surface area (Å²) in [6.45, 7) is 2.06. The fourth-order valence-corrected chi connectivity index (χ4v) is 4.35. The minimum Gasteiger partial charge on any atom is -0.468 e. The van der Waals surface area contributed by atoms with Crippen LogP contribution in [0.5, 0.6) is 0 Å². The van der Waals surface area contributed by atoms with Crippen molar-refractivity contribution < 1.29 is 19.1 Å². The maximum absolute atomic E-state index is 12.2. The minimum absolute atomic E-state index is 0.125. The van der Waals surface area contributed by atoms with Crippen LogP contribution >= 0.6 is 15.9 Å². The number of rotatable bonds is 1. The number of carbonyl (C=O) groups is 3. The van der Waals surface area contributed by atoms with Gasteiger partial charge in [0.05, 0.1) is 7.11 Å². The van der Waals surface area contributed by atoms with Crippen molar-refractivity contribution in [2.45, 2.75) is 43.4 Å². The summed E-state index contributed by atoms with van der Waals surface area (Å²) < 4.78 is 3.45. The largest absolute Gasteiger partial charge is 0.468 e. The molecule has 18 heavy (non-hydrogen) atoms. The number of hydrogen-bond donors (Lipinski definition) is 0. The summed E-state index contributed by atoms with van der Waals surface area (Å²) in [6.07, 6.45) is 2.68. The number of Topliss-reactive ketones (excluding diaryl/α,β-unsaturated/α-hetero) is 2. The summed E-state index contributed by atoms with van der Waals surface area (Å²) in [6, 6.07) is 0. The van der Waals surface area contributed by atoms with Gasteiger partial charge in [-0.1, -0.05) is 22.9 Å². The first-order chi connectivity index (χ1) is 8.34. The molecule has 0 unspecified atom stereocenters. The van der Waals surface area contributed by atoms with Crippen molar-refractivity contribution >= 4 is 33.5 Å². The maximum atomic E-state index is 12.2. The highest BCUT2D eigenvalue weighted by Gasteiger charge is 2.61. The fourth-order valence-electron chi connectivity index (χ4n) is 3.28. The first kappa shape index (κ1) is 13.7. The molecule has 0 N–H and O–H groups in total. The number of ether oxygens (including phenoxy) is 1. The highest BCUT2D eigenvalue weighted by molar-refractivity contribution is 9.10. The third-order valence-corrected chi connectivity index (χ3v) is 5.86. The Balaban J connectivity index is 2.44. The maximum Gasteiger partial charge on any atom is 0.330 e. The van der Waals surface area contributed by atoms with Crippen LogP contribution in [0.15, 0.2) is 0 Å². The molecule has 100 valence electrons. The highest BCUT2D eigenvalue weighted by Crippen LogP contribution is 2.55. The smallest absolute Gasteiger partial charge is 0.330 e. The molecule has 0 heterocycles. The van der Waals surface area contributed by atoms with E-state index in [0.29, 0.717) is 12.8 Å². The Morgan fingerprint density at radius 1 is 1.33 bits per heavy atom. The second kappa shape index (κ2) is 4.44. The predicted octanol–water partition coefficient (Wildman–Crippen LogP) is 2.03. The van der Waals surface area contributed by atoms with E-state index in [-0.39, 0.29) is 29.3 Å². The van der Waals surface area contributed by atoms with Crippen LogP contribution in [0.1, 0.15) is 39.0 Å². The van der Waals surface area contributed by atoms with E-state index in [1.807, 2.05) is 0 Å². The zero-order chi connectivity index (χ0) is 13.6. The van der Waals surface area contributed by atoms with Crippen LogP contribution in [0, 0.1) is 11.3 Å². The van der Waals surface area contributed by atoms with Gasteiger partial charge < -0.3 is 4.74 Å². The summed E-state index contributed by atoms with van der Waals surface area (Å²) >= 11 is 3.32. The number of ketones is 2. The van der Waals surface area contributed by atoms with E-state index in [9.17, 15) is 14.4 Å². The lowest BCUT2D eigenvalue weighted by molar-refractivity contribution is -0.155. The molecular weight excluding hydrogens is 300 g/mol. The van der Waals surface area contributed by atoms with E-state index in [0.717, 1.165) is 12.8 Å². The number of fused-ring (bicyclic) bond motifs is 1. The molecule has 5 heteroatoms. The molecule has 0 amide bonds. The molecule has 0 bridgehead atoms. The average molecular weight is 317 g/mol. The van der Waals surface area contributed by atoms with Crippen molar-refractivity contribution in [2.75, 3.05) is 7.11 Å². The van der Waals surface area contributed by atoms with Gasteiger partial charge in [0.1, 0.15) is 5.78 Å². The van der Waals surface area contributed by atoms with Gasteiger partial charge in [-0.15, -0.1) is 0 Å². The van der Waals surface area contributed by atoms with Gasteiger partial charge in [0, 0.05) is 25.2 Å². The average Bonchev–Trinajstić information content (AvgIpc) is 2.36. The molecule has 2 aliphatic rings. The van der Waals surface area contributed by atoms with Crippen molar-refractivity contribution in [1.29, 1.82) is 0 Å². The van der Waals surface area contributed by atoms with Crippen LogP contribution in [0.25, 0.3) is 0 Å². The van der Waals surface area contributed by atoms with E-state index >= 15 is 0 Å². The third-order valence-electron chi connectivity index (χ3n) is 4.54. The van der Waals surface area contributed by atoms with Crippen molar-refractivity contribution in [1.82, 2.24) is 0 Å². The van der Waals surface area contributed by atoms with Gasteiger partial charge in [-0.2, -0.15) is 0 Å². The van der Waals surface area contributed by atoms with Gasteiger partial charge in [-0.25, -0.2) is 0 Å². The topological polar surface area (TPSA) is 60.4 Å². The molecule has 0 aromatic heterocycles. The molecule has 2 saturated carbocycles. The molecule has 4 nitrogen and oxygen atoms in total. The number of halogens is 1. The Hall–Kier alpha value is -0.710. The van der Waals surface area contributed by atoms with Crippen LogP contribution in [0.2, 0.25) is 0 Å². The van der Waals surface area contributed by atoms with Gasteiger partial charge in [0.25, 0.3) is 0 Å². The number of carbonyl (C=O) groups excluding carboxylic acids is 3. The summed E-state index contributed by atoms with van der Waals surface area (Å²) in [7, 11) is 1.27. The molecule has 0 radical (unpaired) electrons. The van der Waals surface area contributed by atoms with Crippen molar-refractivity contribution in [3.63, 3.8) is 0 Å². The Bertz CT molecular complexity index is 405. The van der Waals surface area contributed by atoms with Crippen LogP contribution in [0.3, 0.4) is 0 Å². The minimum atomic E-state index is -1.33. The lowest BCUT2D eigenvalue weighted by Gasteiger charge is -2.50. The van der Waals surface area contributed by atoms with E-state index in [1.165, 1.54) is 7.11 Å². The third kappa shape index (κ3) is 1.83. The zero-order valence-electron chi connectivity index (χ0n) is 10.6. The molecule has 0 aromatic carbocycles. The van der Waals surface area contributed by atoms with Crippen LogP contribution in [-0.4, -0.2) is 29.0 Å². The molecule has 0 saturated heterocycles. The summed E-state index contributed by atoms with van der Waals surface area (Å²) in [5, 5.41) is 0. The van der Waals surface area contributed by atoms with Gasteiger partial charge in [0.15, 0.2) is 10.1 Å². The van der Waals surface area contributed by atoms with E-state index < -0.39 is 10.3 Å². The molecule has 2 aliphatic carbocycles. The molecule has 0 spiro atoms. The zero-order valence-corrected chi connectivity index (χ0v) is 12.2. The summed E-state index contributed by atoms with van der Waals surface area (Å²) in [5.74, 6) is -0.899. The van der Waals surface area contributed by atoms with Crippen molar-refractivity contribution in [3.05, 3.63) is 0 Å². The second-order valence-electron chi connectivity index (χ2n) is 5.58. The van der Waals surface area contributed by atoms with Crippen molar-refractivity contribution in [2.24, 2.45) is 11.3 Å². The Morgan fingerprint density at radius 3 is 2.56 bits per heavy atom. The number of hydrogen-bond acceptors (Lipinski definition) is 4. The molecule has 2 rings (SSSR count).